The Labute approximate surface area is 206 Å². The zero-order valence-electron chi connectivity index (χ0n) is 18.9. The maximum absolute atomic E-state index is 14.1. The zero-order chi connectivity index (χ0) is 26.4. The smallest absolute Gasteiger partial charge is 0.405 e. The molecule has 3 aromatic heterocycles. The van der Waals surface area contributed by atoms with Crippen LogP contribution in [0.15, 0.2) is 55.0 Å². The fourth-order valence-electron chi connectivity index (χ4n) is 3.35. The molecule has 1 aromatic carbocycles. The van der Waals surface area contributed by atoms with E-state index in [2.05, 4.69) is 30.3 Å². The van der Waals surface area contributed by atoms with E-state index in [1.165, 1.54) is 0 Å². The van der Waals surface area contributed by atoms with Crippen LogP contribution < -0.4 is 16.0 Å². The van der Waals surface area contributed by atoms with E-state index in [4.69, 9.17) is 0 Å². The molecular weight excluding hydrogens is 498 g/mol. The van der Waals surface area contributed by atoms with Gasteiger partial charge in [0.2, 0.25) is 0 Å². The number of urea groups is 1. The van der Waals surface area contributed by atoms with E-state index in [1.54, 1.807) is 58.5 Å². The van der Waals surface area contributed by atoms with Crippen LogP contribution in [0.4, 0.5) is 33.9 Å². The number of rotatable bonds is 9. The number of carbonyl (C=O) groups excluding carboxylic acids is 2. The van der Waals surface area contributed by atoms with Gasteiger partial charge in [-0.25, -0.2) is 24.1 Å². The molecule has 3 heterocycles. The van der Waals surface area contributed by atoms with Crippen LogP contribution in [0.2, 0.25) is 0 Å². The van der Waals surface area contributed by atoms with Gasteiger partial charge in [-0.15, -0.1) is 0 Å². The molecular formula is C23H19F4N7O3. The molecule has 0 radical (unpaired) electrons. The molecule has 14 heteroatoms. The number of alkyl halides is 3. The summed E-state index contributed by atoms with van der Waals surface area (Å²) in [6, 6.07) is 8.96. The van der Waals surface area contributed by atoms with Gasteiger partial charge in [0.1, 0.15) is 18.8 Å². The predicted octanol–water partition coefficient (Wildman–Crippen LogP) is 3.87. The number of aromatic nitrogens is 4. The number of imidazole rings is 1. The van der Waals surface area contributed by atoms with Gasteiger partial charge in [-0.3, -0.25) is 9.20 Å². The number of nitrogens with one attached hydrogen (secondary N) is 3. The van der Waals surface area contributed by atoms with Crippen molar-refractivity contribution in [2.45, 2.75) is 6.18 Å². The van der Waals surface area contributed by atoms with Gasteiger partial charge in [0, 0.05) is 23.0 Å². The summed E-state index contributed by atoms with van der Waals surface area (Å²) < 4.78 is 57.3. The molecule has 0 spiro atoms. The van der Waals surface area contributed by atoms with Crippen LogP contribution in [0.25, 0.3) is 28.3 Å². The standard InChI is InChI=1S/C23H19F4N7O3/c24-17-10-30-20(33-21(17)28-5-7-37-13-35)15-4-6-34-18(11-29-19(34)9-15)14-2-1-3-16(8-14)32-22(36)31-12-23(25,26)27/h1-4,6,8-11,13H,5,7,12H2,(H,28,30,33)(H2,31,32,36). The van der Waals surface area contributed by atoms with Crippen molar-refractivity contribution in [1.82, 2.24) is 24.7 Å². The summed E-state index contributed by atoms with van der Waals surface area (Å²) in [5, 5.41) is 6.85. The van der Waals surface area contributed by atoms with Crippen molar-refractivity contribution >= 4 is 29.7 Å². The molecule has 37 heavy (non-hydrogen) atoms. The van der Waals surface area contributed by atoms with E-state index in [0.717, 1.165) is 6.20 Å². The minimum absolute atomic E-state index is 0.0417. The van der Waals surface area contributed by atoms with E-state index in [0.29, 0.717) is 34.6 Å². The Bertz CT molecular complexity index is 1430. The van der Waals surface area contributed by atoms with Crippen molar-refractivity contribution in [3.63, 3.8) is 0 Å². The average molecular weight is 517 g/mol. The minimum Gasteiger partial charge on any atom is -0.466 e. The van der Waals surface area contributed by atoms with Crippen LogP contribution >= 0.6 is 0 Å². The van der Waals surface area contributed by atoms with Crippen LogP contribution in [-0.2, 0) is 9.53 Å². The number of anilines is 2. The third-order valence-electron chi connectivity index (χ3n) is 4.96. The maximum atomic E-state index is 14.1. The Morgan fingerprint density at radius 2 is 1.95 bits per heavy atom. The summed E-state index contributed by atoms with van der Waals surface area (Å²) >= 11 is 0. The van der Waals surface area contributed by atoms with E-state index in [9.17, 15) is 27.2 Å². The molecule has 0 atom stereocenters. The first kappa shape index (κ1) is 25.3. The van der Waals surface area contributed by atoms with Crippen LogP contribution in [0, 0.1) is 5.82 Å². The van der Waals surface area contributed by atoms with Gasteiger partial charge in [-0.2, -0.15) is 13.2 Å². The Hall–Kier alpha value is -4.75. The Morgan fingerprint density at radius 1 is 1.11 bits per heavy atom. The maximum Gasteiger partial charge on any atom is 0.405 e. The molecule has 0 aliphatic carbocycles. The van der Waals surface area contributed by atoms with Crippen molar-refractivity contribution in [1.29, 1.82) is 0 Å². The molecule has 2 amide bonds. The first-order valence-electron chi connectivity index (χ1n) is 10.7. The van der Waals surface area contributed by atoms with Gasteiger partial charge in [0.05, 0.1) is 24.6 Å². The lowest BCUT2D eigenvalue weighted by Gasteiger charge is -2.11. The molecule has 0 aliphatic rings. The highest BCUT2D eigenvalue weighted by Gasteiger charge is 2.27. The van der Waals surface area contributed by atoms with Crippen LogP contribution in [-0.4, -0.2) is 57.7 Å². The Morgan fingerprint density at radius 3 is 2.73 bits per heavy atom. The number of fused-ring (bicyclic) bond motifs is 1. The number of benzene rings is 1. The third-order valence-corrected chi connectivity index (χ3v) is 4.96. The molecule has 0 aliphatic heterocycles. The summed E-state index contributed by atoms with van der Waals surface area (Å²) in [5.41, 5.74) is 2.68. The summed E-state index contributed by atoms with van der Waals surface area (Å²) in [6.45, 7) is -0.954. The van der Waals surface area contributed by atoms with Crippen molar-refractivity contribution in [2.75, 3.05) is 30.3 Å². The molecule has 10 nitrogen and oxygen atoms in total. The average Bonchev–Trinajstić information content (AvgIpc) is 3.29. The van der Waals surface area contributed by atoms with Crippen molar-refractivity contribution in [2.24, 2.45) is 0 Å². The number of hydrogen-bond acceptors (Lipinski definition) is 7. The first-order valence-corrected chi connectivity index (χ1v) is 10.7. The highest BCUT2D eigenvalue weighted by Crippen LogP contribution is 2.26. The van der Waals surface area contributed by atoms with Crippen molar-refractivity contribution < 1.29 is 31.9 Å². The number of hydrogen-bond donors (Lipinski definition) is 3. The van der Waals surface area contributed by atoms with Crippen LogP contribution in [0.3, 0.4) is 0 Å². The normalized spacial score (nSPS) is 11.2. The summed E-state index contributed by atoms with van der Waals surface area (Å²) in [7, 11) is 0. The molecule has 0 saturated carbocycles. The van der Waals surface area contributed by atoms with Crippen molar-refractivity contribution in [3.8, 4) is 22.6 Å². The van der Waals surface area contributed by atoms with Gasteiger partial charge in [0.25, 0.3) is 6.47 Å². The number of nitrogens with zero attached hydrogens (tertiary/aromatic N) is 4. The first-order chi connectivity index (χ1) is 17.7. The number of amides is 2. The molecule has 3 N–H and O–H groups in total. The lowest BCUT2D eigenvalue weighted by atomic mass is 10.1. The predicted molar refractivity (Wildman–Crippen MR) is 125 cm³/mol. The van der Waals surface area contributed by atoms with E-state index >= 15 is 0 Å². The van der Waals surface area contributed by atoms with Gasteiger partial charge in [-0.05, 0) is 24.3 Å². The zero-order valence-corrected chi connectivity index (χ0v) is 18.9. The van der Waals surface area contributed by atoms with Crippen LogP contribution in [0.1, 0.15) is 0 Å². The quantitative estimate of drug-likeness (QED) is 0.175. The van der Waals surface area contributed by atoms with Gasteiger partial charge in [-0.1, -0.05) is 12.1 Å². The monoisotopic (exact) mass is 517 g/mol. The largest absolute Gasteiger partial charge is 0.466 e. The van der Waals surface area contributed by atoms with Crippen molar-refractivity contribution in [3.05, 3.63) is 60.8 Å². The second kappa shape index (κ2) is 10.9. The molecule has 4 aromatic rings. The topological polar surface area (TPSA) is 123 Å². The molecule has 0 fully saturated rings. The molecule has 4 rings (SSSR count). The molecule has 192 valence electrons. The fraction of sp³-hybridized carbons (Fsp3) is 0.174. The summed E-state index contributed by atoms with van der Waals surface area (Å²) in [5.74, 6) is -0.477. The van der Waals surface area contributed by atoms with E-state index in [-0.39, 0.29) is 24.8 Å². The number of ether oxygens (including phenoxy) is 1. The molecule has 0 saturated heterocycles. The fourth-order valence-corrected chi connectivity index (χ4v) is 3.35. The SMILES string of the molecule is O=COCCNc1nc(-c2ccn3c(-c4cccc(NC(=O)NCC(F)(F)F)c4)cnc3c2)ncc1F. The Kier molecular flexibility index (Phi) is 7.46. The van der Waals surface area contributed by atoms with Gasteiger partial charge < -0.3 is 20.7 Å². The van der Waals surface area contributed by atoms with E-state index < -0.39 is 24.6 Å². The molecule has 0 unspecified atom stereocenters. The highest BCUT2D eigenvalue weighted by atomic mass is 19.4. The second-order valence-electron chi connectivity index (χ2n) is 7.57. The lowest BCUT2D eigenvalue weighted by molar-refractivity contribution is -0.128. The Balaban J connectivity index is 1.53. The summed E-state index contributed by atoms with van der Waals surface area (Å²) in [4.78, 5) is 34.6. The number of carbonyl (C=O) groups is 2. The third kappa shape index (κ3) is 6.48. The van der Waals surface area contributed by atoms with Crippen LogP contribution in [0.5, 0.6) is 0 Å². The second-order valence-corrected chi connectivity index (χ2v) is 7.57. The van der Waals surface area contributed by atoms with Gasteiger partial charge in [0.15, 0.2) is 17.5 Å². The number of pyridine rings is 1. The summed E-state index contributed by atoms with van der Waals surface area (Å²) in [6.07, 6.45) is -0.193. The van der Waals surface area contributed by atoms with Gasteiger partial charge >= 0.3 is 12.2 Å². The highest BCUT2D eigenvalue weighted by molar-refractivity contribution is 5.90. The number of halogens is 4. The molecule has 0 bridgehead atoms. The minimum atomic E-state index is -4.52. The lowest BCUT2D eigenvalue weighted by Crippen LogP contribution is -2.36. The van der Waals surface area contributed by atoms with E-state index in [1.807, 2.05) is 0 Å².